The smallest absolute Gasteiger partial charge is 0.274 e. The normalized spacial score (nSPS) is 13.6. The lowest BCUT2D eigenvalue weighted by Crippen LogP contribution is -2.24. The van der Waals surface area contributed by atoms with Crippen LogP contribution in [0.1, 0.15) is 11.1 Å². The molecule has 2 heterocycles. The number of fused-ring (bicyclic) bond motifs is 1. The van der Waals surface area contributed by atoms with Gasteiger partial charge in [0.15, 0.2) is 0 Å². The average Bonchev–Trinajstić information content (AvgIpc) is 2.48. The van der Waals surface area contributed by atoms with Crippen molar-refractivity contribution in [2.75, 3.05) is 11.9 Å². The van der Waals surface area contributed by atoms with Crippen molar-refractivity contribution in [1.29, 1.82) is 0 Å². The predicted molar refractivity (Wildman–Crippen MR) is 76.0 cm³/mol. The molecule has 6 nitrogen and oxygen atoms in total. The summed E-state index contributed by atoms with van der Waals surface area (Å²) in [6.07, 6.45) is 2.38. The average molecular weight is 270 g/mol. The van der Waals surface area contributed by atoms with Gasteiger partial charge in [-0.2, -0.15) is 0 Å². The molecule has 1 aliphatic heterocycles. The van der Waals surface area contributed by atoms with Crippen LogP contribution in [0.3, 0.4) is 0 Å². The van der Waals surface area contributed by atoms with E-state index in [9.17, 15) is 10.1 Å². The maximum Gasteiger partial charge on any atom is 0.274 e. The van der Waals surface area contributed by atoms with E-state index in [0.29, 0.717) is 5.82 Å². The van der Waals surface area contributed by atoms with Crippen molar-refractivity contribution in [2.45, 2.75) is 13.0 Å². The van der Waals surface area contributed by atoms with Crippen LogP contribution in [-0.4, -0.2) is 16.5 Å². The molecule has 1 aliphatic rings. The number of rotatable bonds is 3. The monoisotopic (exact) mass is 270 g/mol. The second-order valence-electron chi connectivity index (χ2n) is 4.65. The number of nitrogens with zero attached hydrogens (tertiary/aromatic N) is 2. The Hall–Kier alpha value is -2.47. The fourth-order valence-corrected chi connectivity index (χ4v) is 2.39. The standard InChI is InChI=1S/C14H14N4O2/c19-18(20)11-4-7-16-14(8-11)17-13-3-1-2-10-9-15-6-5-12(10)13/h1-4,7-8,15H,5-6,9H2,(H,16,17). The summed E-state index contributed by atoms with van der Waals surface area (Å²) in [4.78, 5) is 14.5. The van der Waals surface area contributed by atoms with Gasteiger partial charge < -0.3 is 10.6 Å². The topological polar surface area (TPSA) is 80.1 Å². The maximum atomic E-state index is 10.8. The molecule has 0 unspecified atom stereocenters. The lowest BCUT2D eigenvalue weighted by Gasteiger charge is -2.20. The van der Waals surface area contributed by atoms with Crippen LogP contribution in [0.5, 0.6) is 0 Å². The lowest BCUT2D eigenvalue weighted by atomic mass is 9.99. The largest absolute Gasteiger partial charge is 0.340 e. The first-order valence-corrected chi connectivity index (χ1v) is 6.43. The zero-order chi connectivity index (χ0) is 13.9. The second-order valence-corrected chi connectivity index (χ2v) is 4.65. The van der Waals surface area contributed by atoms with Crippen molar-refractivity contribution in [2.24, 2.45) is 0 Å². The highest BCUT2D eigenvalue weighted by Crippen LogP contribution is 2.26. The van der Waals surface area contributed by atoms with Gasteiger partial charge >= 0.3 is 0 Å². The van der Waals surface area contributed by atoms with Crippen molar-refractivity contribution < 1.29 is 4.92 Å². The number of hydrogen-bond acceptors (Lipinski definition) is 5. The predicted octanol–water partition coefficient (Wildman–Crippen LogP) is 2.38. The van der Waals surface area contributed by atoms with E-state index in [4.69, 9.17) is 0 Å². The number of pyridine rings is 1. The quantitative estimate of drug-likeness (QED) is 0.661. The highest BCUT2D eigenvalue weighted by molar-refractivity contribution is 5.64. The van der Waals surface area contributed by atoms with Crippen LogP contribution in [0.25, 0.3) is 0 Å². The molecule has 3 rings (SSSR count). The van der Waals surface area contributed by atoms with Gasteiger partial charge in [-0.15, -0.1) is 0 Å². The number of hydrogen-bond donors (Lipinski definition) is 2. The molecule has 1 aromatic heterocycles. The van der Waals surface area contributed by atoms with Gasteiger partial charge in [0.05, 0.1) is 11.0 Å². The molecule has 0 saturated carbocycles. The van der Waals surface area contributed by atoms with Crippen molar-refractivity contribution in [3.63, 3.8) is 0 Å². The Kier molecular flexibility index (Phi) is 3.30. The third-order valence-corrected chi connectivity index (χ3v) is 3.36. The first kappa shape index (κ1) is 12.6. The summed E-state index contributed by atoms with van der Waals surface area (Å²) in [5, 5.41) is 17.3. The van der Waals surface area contributed by atoms with E-state index in [1.165, 1.54) is 29.5 Å². The molecule has 0 saturated heterocycles. The number of nitrogens with one attached hydrogen (secondary N) is 2. The van der Waals surface area contributed by atoms with E-state index in [0.717, 1.165) is 25.2 Å². The van der Waals surface area contributed by atoms with E-state index in [1.807, 2.05) is 12.1 Å². The zero-order valence-electron chi connectivity index (χ0n) is 10.8. The van der Waals surface area contributed by atoms with Crippen LogP contribution in [0.4, 0.5) is 17.2 Å². The third-order valence-electron chi connectivity index (χ3n) is 3.36. The van der Waals surface area contributed by atoms with Crippen LogP contribution in [0.15, 0.2) is 36.5 Å². The minimum atomic E-state index is -0.419. The summed E-state index contributed by atoms with van der Waals surface area (Å²) in [5.74, 6) is 0.492. The Morgan fingerprint density at radius 1 is 1.35 bits per heavy atom. The summed E-state index contributed by atoms with van der Waals surface area (Å²) in [5.41, 5.74) is 3.51. The molecule has 102 valence electrons. The molecular weight excluding hydrogens is 256 g/mol. The van der Waals surface area contributed by atoms with Crippen LogP contribution in [-0.2, 0) is 13.0 Å². The Balaban J connectivity index is 1.91. The summed E-state index contributed by atoms with van der Waals surface area (Å²) in [6.45, 7) is 1.79. The molecule has 20 heavy (non-hydrogen) atoms. The molecule has 0 radical (unpaired) electrons. The second kappa shape index (κ2) is 5.26. The zero-order valence-corrected chi connectivity index (χ0v) is 10.8. The van der Waals surface area contributed by atoms with Crippen LogP contribution in [0, 0.1) is 10.1 Å². The van der Waals surface area contributed by atoms with E-state index >= 15 is 0 Å². The van der Waals surface area contributed by atoms with Gasteiger partial charge in [-0.3, -0.25) is 10.1 Å². The van der Waals surface area contributed by atoms with Crippen molar-refractivity contribution >= 4 is 17.2 Å². The molecule has 1 aromatic carbocycles. The van der Waals surface area contributed by atoms with Gasteiger partial charge in [0.2, 0.25) is 0 Å². The Morgan fingerprint density at radius 3 is 3.10 bits per heavy atom. The highest BCUT2D eigenvalue weighted by Gasteiger charge is 2.13. The molecule has 0 fully saturated rings. The maximum absolute atomic E-state index is 10.8. The molecule has 2 N–H and O–H groups in total. The Morgan fingerprint density at radius 2 is 2.25 bits per heavy atom. The number of anilines is 2. The summed E-state index contributed by atoms with van der Waals surface area (Å²) >= 11 is 0. The molecule has 0 atom stereocenters. The van der Waals surface area contributed by atoms with Crippen LogP contribution >= 0.6 is 0 Å². The van der Waals surface area contributed by atoms with Gasteiger partial charge in [-0.05, 0) is 30.2 Å². The summed E-state index contributed by atoms with van der Waals surface area (Å²) in [6, 6.07) is 8.87. The van der Waals surface area contributed by atoms with Gasteiger partial charge in [0, 0.05) is 24.5 Å². The summed E-state index contributed by atoms with van der Waals surface area (Å²) < 4.78 is 0. The van der Waals surface area contributed by atoms with Crippen molar-refractivity contribution in [3.05, 3.63) is 57.8 Å². The fraction of sp³-hybridized carbons (Fsp3) is 0.214. The van der Waals surface area contributed by atoms with E-state index in [-0.39, 0.29) is 5.69 Å². The number of nitro groups is 1. The SMILES string of the molecule is O=[N+]([O-])c1ccnc(Nc2cccc3c2CCNC3)c1. The number of benzene rings is 1. The lowest BCUT2D eigenvalue weighted by molar-refractivity contribution is -0.384. The van der Waals surface area contributed by atoms with Crippen molar-refractivity contribution in [1.82, 2.24) is 10.3 Å². The fourth-order valence-electron chi connectivity index (χ4n) is 2.39. The van der Waals surface area contributed by atoms with Crippen molar-refractivity contribution in [3.8, 4) is 0 Å². The Bertz CT molecular complexity index is 657. The Labute approximate surface area is 116 Å². The van der Waals surface area contributed by atoms with E-state index in [1.54, 1.807) is 0 Å². The third kappa shape index (κ3) is 2.46. The molecule has 2 aromatic rings. The van der Waals surface area contributed by atoms with Crippen LogP contribution < -0.4 is 10.6 Å². The number of aromatic nitrogens is 1. The molecular formula is C14H14N4O2. The highest BCUT2D eigenvalue weighted by atomic mass is 16.6. The molecule has 0 amide bonds. The van der Waals surface area contributed by atoms with Gasteiger partial charge in [0.25, 0.3) is 5.69 Å². The van der Waals surface area contributed by atoms with Crippen LogP contribution in [0.2, 0.25) is 0 Å². The minimum absolute atomic E-state index is 0.0361. The molecule has 0 bridgehead atoms. The van der Waals surface area contributed by atoms with Gasteiger partial charge in [-0.1, -0.05) is 12.1 Å². The van der Waals surface area contributed by atoms with E-state index in [2.05, 4.69) is 21.7 Å². The molecule has 0 aliphatic carbocycles. The first-order chi connectivity index (χ1) is 9.74. The molecule has 0 spiro atoms. The summed E-state index contributed by atoms with van der Waals surface area (Å²) in [7, 11) is 0. The van der Waals surface area contributed by atoms with E-state index < -0.39 is 4.92 Å². The minimum Gasteiger partial charge on any atom is -0.340 e. The molecule has 6 heteroatoms. The van der Waals surface area contributed by atoms with Gasteiger partial charge in [0.1, 0.15) is 5.82 Å². The first-order valence-electron chi connectivity index (χ1n) is 6.43. The van der Waals surface area contributed by atoms with Gasteiger partial charge in [-0.25, -0.2) is 4.98 Å².